The molecule has 1 aromatic heterocycles. The number of benzene rings is 1. The van der Waals surface area contributed by atoms with Crippen LogP contribution in [0.3, 0.4) is 0 Å². The smallest absolute Gasteiger partial charge is 0.263 e. The van der Waals surface area contributed by atoms with Crippen LogP contribution >= 0.6 is 31.9 Å². The van der Waals surface area contributed by atoms with Gasteiger partial charge in [-0.2, -0.15) is 5.10 Å². The molecular formula is C8H6Br2N6O. The summed E-state index contributed by atoms with van der Waals surface area (Å²) in [6.45, 7) is 0. The number of anilines is 1. The second-order valence-electron chi connectivity index (χ2n) is 3.00. The maximum absolute atomic E-state index is 9.53. The molecule has 0 radical (unpaired) electrons. The molecule has 0 saturated heterocycles. The summed E-state index contributed by atoms with van der Waals surface area (Å²) in [6, 6.07) is 3.40. The summed E-state index contributed by atoms with van der Waals surface area (Å²) >= 11 is 6.43. The van der Waals surface area contributed by atoms with E-state index in [1.165, 1.54) is 6.21 Å². The number of tetrazole rings is 1. The number of hydrogen-bond donors (Lipinski definition) is 2. The lowest BCUT2D eigenvalue weighted by Gasteiger charge is -2.01. The maximum atomic E-state index is 9.53. The first-order chi connectivity index (χ1) is 8.08. The van der Waals surface area contributed by atoms with Gasteiger partial charge in [-0.25, -0.2) is 0 Å². The number of phenols is 1. The Kier molecular flexibility index (Phi) is 3.38. The Hall–Kier alpha value is -1.48. The summed E-state index contributed by atoms with van der Waals surface area (Å²) in [5.74, 6) is 0.224. The maximum Gasteiger partial charge on any atom is 0.263 e. The van der Waals surface area contributed by atoms with Crippen molar-refractivity contribution in [2.45, 2.75) is 0 Å². The molecule has 0 atom stereocenters. The van der Waals surface area contributed by atoms with Crippen molar-refractivity contribution in [2.24, 2.45) is 5.10 Å². The topological polar surface area (TPSA) is 102 Å². The average Bonchev–Trinajstić information content (AvgIpc) is 2.69. The van der Waals surface area contributed by atoms with Crippen molar-refractivity contribution in [1.29, 1.82) is 0 Å². The van der Waals surface area contributed by atoms with Crippen LogP contribution in [0.1, 0.15) is 5.56 Å². The lowest BCUT2D eigenvalue weighted by Crippen LogP contribution is -1.99. The van der Waals surface area contributed by atoms with E-state index in [2.05, 4.69) is 52.5 Å². The lowest BCUT2D eigenvalue weighted by atomic mass is 10.2. The number of rotatable bonds is 2. The number of nitrogens with zero attached hydrogens (tertiary/aromatic N) is 5. The predicted octanol–water partition coefficient (Wildman–Crippen LogP) is 1.37. The standard InChI is InChI=1S/C8H6Br2N6O/c9-5-1-4(2-6(10)7(5)17)3-12-16-8(11)13-14-15-16/h1-3,17H,(H2,11,13,15)/b12-3-. The van der Waals surface area contributed by atoms with E-state index >= 15 is 0 Å². The van der Waals surface area contributed by atoms with E-state index in [4.69, 9.17) is 5.73 Å². The quantitative estimate of drug-likeness (QED) is 0.786. The molecule has 3 N–H and O–H groups in total. The zero-order chi connectivity index (χ0) is 12.4. The molecule has 2 rings (SSSR count). The normalized spacial score (nSPS) is 11.2. The molecule has 88 valence electrons. The Morgan fingerprint density at radius 1 is 1.35 bits per heavy atom. The third-order valence-corrected chi connectivity index (χ3v) is 3.04. The van der Waals surface area contributed by atoms with Crippen molar-refractivity contribution in [3.63, 3.8) is 0 Å². The molecule has 1 heterocycles. The molecular weight excluding hydrogens is 356 g/mol. The fourth-order valence-corrected chi connectivity index (χ4v) is 2.27. The van der Waals surface area contributed by atoms with E-state index in [0.29, 0.717) is 8.95 Å². The van der Waals surface area contributed by atoms with E-state index in [9.17, 15) is 5.11 Å². The van der Waals surface area contributed by atoms with Crippen LogP contribution in [-0.2, 0) is 0 Å². The molecule has 7 nitrogen and oxygen atoms in total. The summed E-state index contributed by atoms with van der Waals surface area (Å²) in [6.07, 6.45) is 1.52. The monoisotopic (exact) mass is 360 g/mol. The van der Waals surface area contributed by atoms with Crippen LogP contribution in [-0.4, -0.2) is 31.6 Å². The van der Waals surface area contributed by atoms with Crippen LogP contribution in [0.2, 0.25) is 0 Å². The predicted molar refractivity (Wildman–Crippen MR) is 68.7 cm³/mol. The second-order valence-corrected chi connectivity index (χ2v) is 4.71. The molecule has 9 heteroatoms. The molecule has 1 aromatic carbocycles. The van der Waals surface area contributed by atoms with Gasteiger partial charge < -0.3 is 10.8 Å². The number of phenolic OH excluding ortho intramolecular Hbond substituents is 1. The first-order valence-electron chi connectivity index (χ1n) is 4.34. The van der Waals surface area contributed by atoms with Crippen molar-refractivity contribution >= 4 is 44.0 Å². The Morgan fingerprint density at radius 3 is 2.53 bits per heavy atom. The van der Waals surface area contributed by atoms with Gasteiger partial charge in [-0.05, 0) is 60.0 Å². The largest absolute Gasteiger partial charge is 0.506 e. The highest BCUT2D eigenvalue weighted by Gasteiger charge is 2.05. The summed E-state index contributed by atoms with van der Waals surface area (Å²) in [7, 11) is 0. The Morgan fingerprint density at radius 2 is 2.00 bits per heavy atom. The van der Waals surface area contributed by atoms with Crippen molar-refractivity contribution < 1.29 is 5.11 Å². The number of halogens is 2. The Bertz CT molecular complexity index is 558. The zero-order valence-electron chi connectivity index (χ0n) is 8.25. The van der Waals surface area contributed by atoms with Crippen LogP contribution in [0.5, 0.6) is 5.75 Å². The fourth-order valence-electron chi connectivity index (χ4n) is 1.05. The van der Waals surface area contributed by atoms with E-state index < -0.39 is 0 Å². The summed E-state index contributed by atoms with van der Waals surface area (Å²) in [4.78, 5) is 1.09. The van der Waals surface area contributed by atoms with Crippen molar-refractivity contribution in [2.75, 3.05) is 5.73 Å². The third-order valence-electron chi connectivity index (χ3n) is 1.83. The van der Waals surface area contributed by atoms with Crippen LogP contribution in [0, 0.1) is 0 Å². The number of hydrogen-bond acceptors (Lipinski definition) is 6. The molecule has 0 saturated carbocycles. The van der Waals surface area contributed by atoms with Gasteiger partial charge in [-0.15, -0.1) is 0 Å². The van der Waals surface area contributed by atoms with E-state index in [0.717, 1.165) is 10.4 Å². The summed E-state index contributed by atoms with van der Waals surface area (Å²) < 4.78 is 1.11. The Balaban J connectivity index is 2.31. The second kappa shape index (κ2) is 4.80. The first kappa shape index (κ1) is 12.0. The number of aromatic nitrogens is 4. The van der Waals surface area contributed by atoms with Gasteiger partial charge in [0.25, 0.3) is 5.95 Å². The minimum absolute atomic E-state index is 0.0955. The van der Waals surface area contributed by atoms with Gasteiger partial charge in [-0.3, -0.25) is 0 Å². The molecule has 0 fully saturated rings. The number of nitrogens with two attached hydrogens (primary N) is 1. The van der Waals surface area contributed by atoms with E-state index in [-0.39, 0.29) is 11.7 Å². The van der Waals surface area contributed by atoms with Gasteiger partial charge in [0.15, 0.2) is 0 Å². The molecule has 2 aromatic rings. The molecule has 0 spiro atoms. The average molecular weight is 362 g/mol. The SMILES string of the molecule is Nc1nnnn1/N=C\c1cc(Br)c(O)c(Br)c1. The lowest BCUT2D eigenvalue weighted by molar-refractivity contribution is 0.468. The molecule has 17 heavy (non-hydrogen) atoms. The molecule has 0 aliphatic carbocycles. The highest BCUT2D eigenvalue weighted by Crippen LogP contribution is 2.32. The van der Waals surface area contributed by atoms with Crippen LogP contribution < -0.4 is 5.73 Å². The van der Waals surface area contributed by atoms with Crippen LogP contribution in [0.25, 0.3) is 0 Å². The van der Waals surface area contributed by atoms with Gasteiger partial charge >= 0.3 is 0 Å². The number of nitrogen functional groups attached to an aromatic ring is 1. The van der Waals surface area contributed by atoms with Crippen LogP contribution in [0.15, 0.2) is 26.2 Å². The van der Waals surface area contributed by atoms with Gasteiger partial charge in [0.1, 0.15) is 5.75 Å². The molecule has 0 amide bonds. The summed E-state index contributed by atoms with van der Waals surface area (Å²) in [5.41, 5.74) is 6.19. The molecule has 0 bridgehead atoms. The fraction of sp³-hybridized carbons (Fsp3) is 0. The minimum Gasteiger partial charge on any atom is -0.506 e. The van der Waals surface area contributed by atoms with Gasteiger partial charge in [0.05, 0.1) is 15.2 Å². The zero-order valence-corrected chi connectivity index (χ0v) is 11.4. The molecule has 0 unspecified atom stereocenters. The Labute approximate surface area is 113 Å². The van der Waals surface area contributed by atoms with E-state index in [1.54, 1.807) is 12.1 Å². The minimum atomic E-state index is 0.0955. The highest BCUT2D eigenvalue weighted by atomic mass is 79.9. The third kappa shape index (κ3) is 2.61. The van der Waals surface area contributed by atoms with Crippen molar-refractivity contribution in [3.8, 4) is 5.75 Å². The molecule has 0 aliphatic heterocycles. The van der Waals surface area contributed by atoms with E-state index in [1.807, 2.05) is 0 Å². The van der Waals surface area contributed by atoms with Crippen LogP contribution in [0.4, 0.5) is 5.95 Å². The first-order valence-corrected chi connectivity index (χ1v) is 5.93. The highest BCUT2D eigenvalue weighted by molar-refractivity contribution is 9.11. The van der Waals surface area contributed by atoms with Gasteiger partial charge in [0, 0.05) is 0 Å². The van der Waals surface area contributed by atoms with Gasteiger partial charge in [0.2, 0.25) is 0 Å². The van der Waals surface area contributed by atoms with Crippen molar-refractivity contribution in [3.05, 3.63) is 26.6 Å². The number of aromatic hydroxyl groups is 1. The molecule has 0 aliphatic rings. The van der Waals surface area contributed by atoms with Crippen molar-refractivity contribution in [1.82, 2.24) is 20.3 Å². The van der Waals surface area contributed by atoms with Gasteiger partial charge in [-0.1, -0.05) is 9.89 Å². The summed E-state index contributed by atoms with van der Waals surface area (Å²) in [5, 5.41) is 23.9.